The summed E-state index contributed by atoms with van der Waals surface area (Å²) in [6.45, 7) is 2.56. The molecule has 2 aromatic rings. The highest BCUT2D eigenvalue weighted by molar-refractivity contribution is 7.85. The standard InChI is InChI=1S/C16H17NO2S2/c1-12-7-8-15(20-12)16(18)17-9-10-21(19)11-14(17)13-5-3-2-4-6-13/h2-8,14H,9-11H2,1H3. The Morgan fingerprint density at radius 2 is 2.00 bits per heavy atom. The van der Waals surface area contributed by atoms with E-state index in [9.17, 15) is 9.00 Å². The fourth-order valence-electron chi connectivity index (χ4n) is 2.59. The molecule has 1 aromatic carbocycles. The minimum absolute atomic E-state index is 0.0543. The normalized spacial score (nSPS) is 22.2. The van der Waals surface area contributed by atoms with Gasteiger partial charge in [-0.3, -0.25) is 9.00 Å². The second-order valence-electron chi connectivity index (χ2n) is 5.15. The Bertz CT molecular complexity index is 666. The number of carbonyl (C=O) groups is 1. The van der Waals surface area contributed by atoms with E-state index in [1.807, 2.05) is 54.3 Å². The molecule has 0 spiro atoms. The van der Waals surface area contributed by atoms with Crippen LogP contribution in [-0.2, 0) is 10.8 Å². The molecule has 0 saturated carbocycles. The second kappa shape index (κ2) is 6.12. The monoisotopic (exact) mass is 319 g/mol. The number of benzene rings is 1. The molecule has 21 heavy (non-hydrogen) atoms. The average Bonchev–Trinajstić information content (AvgIpc) is 2.94. The summed E-state index contributed by atoms with van der Waals surface area (Å²) in [4.78, 5) is 16.5. The van der Waals surface area contributed by atoms with Gasteiger partial charge in [0.1, 0.15) is 0 Å². The van der Waals surface area contributed by atoms with Gasteiger partial charge in [-0.2, -0.15) is 0 Å². The third-order valence-corrected chi connectivity index (χ3v) is 5.99. The highest BCUT2D eigenvalue weighted by atomic mass is 32.2. The van der Waals surface area contributed by atoms with Crippen LogP contribution in [0.3, 0.4) is 0 Å². The minimum atomic E-state index is -0.850. The fourth-order valence-corrected chi connectivity index (χ4v) is 4.71. The highest BCUT2D eigenvalue weighted by Gasteiger charge is 2.32. The summed E-state index contributed by atoms with van der Waals surface area (Å²) in [5, 5.41) is 0. The zero-order chi connectivity index (χ0) is 14.8. The lowest BCUT2D eigenvalue weighted by atomic mass is 10.1. The van der Waals surface area contributed by atoms with E-state index >= 15 is 0 Å². The molecule has 3 rings (SSSR count). The number of rotatable bonds is 2. The number of hydrogen-bond donors (Lipinski definition) is 0. The van der Waals surface area contributed by atoms with Gasteiger partial charge >= 0.3 is 0 Å². The molecule has 0 radical (unpaired) electrons. The predicted octanol–water partition coefficient (Wildman–Crippen LogP) is 3.00. The number of amides is 1. The molecule has 0 aliphatic carbocycles. The zero-order valence-corrected chi connectivity index (χ0v) is 13.5. The summed E-state index contributed by atoms with van der Waals surface area (Å²) in [6.07, 6.45) is 0. The van der Waals surface area contributed by atoms with E-state index in [2.05, 4.69) is 0 Å². The van der Waals surface area contributed by atoms with Crippen LogP contribution in [0.4, 0.5) is 0 Å². The van der Waals surface area contributed by atoms with Crippen molar-refractivity contribution >= 4 is 28.0 Å². The summed E-state index contributed by atoms with van der Waals surface area (Å²) in [5.74, 6) is 1.15. The first-order valence-corrected chi connectivity index (χ1v) is 9.23. The van der Waals surface area contributed by atoms with Crippen LogP contribution >= 0.6 is 11.3 Å². The highest BCUT2D eigenvalue weighted by Crippen LogP contribution is 2.28. The number of nitrogens with zero attached hydrogens (tertiary/aromatic N) is 1. The van der Waals surface area contributed by atoms with E-state index < -0.39 is 10.8 Å². The molecule has 2 atom stereocenters. The van der Waals surface area contributed by atoms with Gasteiger partial charge in [-0.05, 0) is 24.6 Å². The van der Waals surface area contributed by atoms with Crippen molar-refractivity contribution in [2.24, 2.45) is 0 Å². The topological polar surface area (TPSA) is 37.4 Å². The van der Waals surface area contributed by atoms with Gasteiger partial charge in [0.25, 0.3) is 5.91 Å². The van der Waals surface area contributed by atoms with Gasteiger partial charge in [-0.25, -0.2) is 0 Å². The third-order valence-electron chi connectivity index (χ3n) is 3.68. The Morgan fingerprint density at radius 1 is 1.24 bits per heavy atom. The Hall–Kier alpha value is -1.46. The van der Waals surface area contributed by atoms with Crippen LogP contribution in [-0.4, -0.2) is 33.1 Å². The largest absolute Gasteiger partial charge is 0.329 e. The molecule has 1 aliphatic rings. The van der Waals surface area contributed by atoms with Crippen LogP contribution in [0.1, 0.15) is 26.2 Å². The second-order valence-corrected chi connectivity index (χ2v) is 8.06. The van der Waals surface area contributed by atoms with Gasteiger partial charge in [-0.1, -0.05) is 30.3 Å². The smallest absolute Gasteiger partial charge is 0.264 e. The minimum Gasteiger partial charge on any atom is -0.329 e. The maximum absolute atomic E-state index is 12.7. The van der Waals surface area contributed by atoms with Crippen molar-refractivity contribution in [2.75, 3.05) is 18.1 Å². The quantitative estimate of drug-likeness (QED) is 0.853. The van der Waals surface area contributed by atoms with Gasteiger partial charge in [0.15, 0.2) is 0 Å². The Morgan fingerprint density at radius 3 is 2.67 bits per heavy atom. The summed E-state index contributed by atoms with van der Waals surface area (Å²) in [5.41, 5.74) is 1.06. The maximum atomic E-state index is 12.7. The van der Waals surface area contributed by atoms with Crippen molar-refractivity contribution in [3.8, 4) is 0 Å². The molecule has 1 aliphatic heterocycles. The molecule has 0 N–H and O–H groups in total. The first kappa shape index (κ1) is 14.5. The molecule has 110 valence electrons. The van der Waals surface area contributed by atoms with Crippen LogP contribution in [0.2, 0.25) is 0 Å². The summed E-state index contributed by atoms with van der Waals surface area (Å²) in [7, 11) is -0.850. The van der Waals surface area contributed by atoms with Gasteiger partial charge < -0.3 is 4.90 Å². The number of aryl methyl sites for hydroxylation is 1. The van der Waals surface area contributed by atoms with E-state index in [4.69, 9.17) is 0 Å². The third kappa shape index (κ3) is 3.09. The Labute approximate surface area is 131 Å². The van der Waals surface area contributed by atoms with Crippen LogP contribution in [0, 0.1) is 6.92 Å². The molecular formula is C16H17NO2S2. The van der Waals surface area contributed by atoms with Crippen molar-refractivity contribution < 1.29 is 9.00 Å². The molecule has 1 aromatic heterocycles. The summed E-state index contributed by atoms with van der Waals surface area (Å²) >= 11 is 1.52. The van der Waals surface area contributed by atoms with E-state index in [0.717, 1.165) is 15.3 Å². The van der Waals surface area contributed by atoms with Gasteiger partial charge in [0.05, 0.1) is 10.9 Å². The molecule has 5 heteroatoms. The van der Waals surface area contributed by atoms with E-state index in [1.165, 1.54) is 11.3 Å². The van der Waals surface area contributed by atoms with Gasteiger partial charge in [0, 0.05) is 33.7 Å². The van der Waals surface area contributed by atoms with E-state index in [0.29, 0.717) is 18.1 Å². The molecule has 0 bridgehead atoms. The molecular weight excluding hydrogens is 302 g/mol. The number of carbonyl (C=O) groups excluding carboxylic acids is 1. The first-order chi connectivity index (χ1) is 10.1. The molecule has 2 unspecified atom stereocenters. The van der Waals surface area contributed by atoms with Crippen LogP contribution < -0.4 is 0 Å². The van der Waals surface area contributed by atoms with E-state index in [-0.39, 0.29) is 11.9 Å². The Balaban J connectivity index is 1.91. The molecule has 1 amide bonds. The number of thiophene rings is 1. The average molecular weight is 319 g/mol. The number of hydrogen-bond acceptors (Lipinski definition) is 3. The molecule has 1 saturated heterocycles. The summed E-state index contributed by atoms with van der Waals surface area (Å²) < 4.78 is 11.9. The Kier molecular flexibility index (Phi) is 4.22. The van der Waals surface area contributed by atoms with Crippen molar-refractivity contribution in [1.29, 1.82) is 0 Å². The van der Waals surface area contributed by atoms with Crippen molar-refractivity contribution in [3.05, 3.63) is 57.8 Å². The van der Waals surface area contributed by atoms with Crippen LogP contribution in [0.15, 0.2) is 42.5 Å². The van der Waals surface area contributed by atoms with Crippen LogP contribution in [0.25, 0.3) is 0 Å². The van der Waals surface area contributed by atoms with E-state index in [1.54, 1.807) is 0 Å². The van der Waals surface area contributed by atoms with Crippen molar-refractivity contribution in [3.63, 3.8) is 0 Å². The maximum Gasteiger partial charge on any atom is 0.264 e. The first-order valence-electron chi connectivity index (χ1n) is 6.92. The van der Waals surface area contributed by atoms with Crippen molar-refractivity contribution in [1.82, 2.24) is 4.90 Å². The van der Waals surface area contributed by atoms with Crippen LogP contribution in [0.5, 0.6) is 0 Å². The zero-order valence-electron chi connectivity index (χ0n) is 11.8. The molecule has 2 heterocycles. The predicted molar refractivity (Wildman–Crippen MR) is 87.2 cm³/mol. The fraction of sp³-hybridized carbons (Fsp3) is 0.312. The molecule has 1 fully saturated rings. The van der Waals surface area contributed by atoms with Gasteiger partial charge in [0.2, 0.25) is 0 Å². The lowest BCUT2D eigenvalue weighted by Crippen LogP contribution is -2.44. The SMILES string of the molecule is Cc1ccc(C(=O)N2CCS(=O)CC2c2ccccc2)s1. The van der Waals surface area contributed by atoms with Crippen molar-refractivity contribution in [2.45, 2.75) is 13.0 Å². The lowest BCUT2D eigenvalue weighted by molar-refractivity contribution is 0.0704. The lowest BCUT2D eigenvalue weighted by Gasteiger charge is -2.35. The molecule has 3 nitrogen and oxygen atoms in total. The summed E-state index contributed by atoms with van der Waals surface area (Å²) in [6, 6.07) is 13.7. The van der Waals surface area contributed by atoms with Gasteiger partial charge in [-0.15, -0.1) is 11.3 Å².